The molecule has 0 aliphatic rings. The van der Waals surface area contributed by atoms with Crippen molar-refractivity contribution in [3.8, 4) is 0 Å². The van der Waals surface area contributed by atoms with Crippen LogP contribution in [0, 0.1) is 6.92 Å². The van der Waals surface area contributed by atoms with Gasteiger partial charge in [-0.15, -0.1) is 0 Å². The molecule has 1 aromatic rings. The Labute approximate surface area is 90.3 Å². The Balaban J connectivity index is 2.53. The number of ether oxygens (including phenoxy) is 1. The van der Waals surface area contributed by atoms with Gasteiger partial charge in [-0.25, -0.2) is 0 Å². The highest BCUT2D eigenvalue weighted by Gasteiger charge is 2.14. The Bertz CT molecular complexity index is 297. The van der Waals surface area contributed by atoms with Crippen LogP contribution in [0.2, 0.25) is 0 Å². The van der Waals surface area contributed by atoms with Crippen LogP contribution in [0.1, 0.15) is 18.1 Å². The average Bonchev–Trinajstić information content (AvgIpc) is 2.21. The van der Waals surface area contributed by atoms with Gasteiger partial charge >= 0.3 is 0 Å². The molecule has 0 fully saturated rings. The Morgan fingerprint density at radius 2 is 2.00 bits per heavy atom. The molecule has 2 atom stereocenters. The van der Waals surface area contributed by atoms with Crippen molar-refractivity contribution in [1.82, 2.24) is 0 Å². The second-order valence-corrected chi connectivity index (χ2v) is 3.70. The van der Waals surface area contributed by atoms with E-state index in [4.69, 9.17) is 9.84 Å². The molecule has 1 aromatic carbocycles. The summed E-state index contributed by atoms with van der Waals surface area (Å²) in [6.45, 7) is 3.88. The summed E-state index contributed by atoms with van der Waals surface area (Å²) in [5, 5.41) is 18.2. The van der Waals surface area contributed by atoms with Gasteiger partial charge in [0.15, 0.2) is 0 Å². The molecular formula is C12H18O3. The molecule has 15 heavy (non-hydrogen) atoms. The summed E-state index contributed by atoms with van der Waals surface area (Å²) in [6.07, 6.45) is -1.16. The lowest BCUT2D eigenvalue weighted by Crippen LogP contribution is -2.29. The molecule has 2 N–H and O–H groups in total. The molecule has 0 radical (unpaired) electrons. The van der Waals surface area contributed by atoms with Crippen LogP contribution in [-0.4, -0.2) is 29.0 Å². The lowest BCUT2D eigenvalue weighted by Gasteiger charge is -2.18. The Morgan fingerprint density at radius 3 is 2.53 bits per heavy atom. The van der Waals surface area contributed by atoms with Gasteiger partial charge in [-0.3, -0.25) is 0 Å². The predicted octanol–water partition coefficient (Wildman–Crippen LogP) is 1.25. The van der Waals surface area contributed by atoms with Gasteiger partial charge in [0.2, 0.25) is 0 Å². The van der Waals surface area contributed by atoms with E-state index in [9.17, 15) is 5.11 Å². The van der Waals surface area contributed by atoms with Gasteiger partial charge in [-0.2, -0.15) is 0 Å². The van der Waals surface area contributed by atoms with Crippen LogP contribution in [0.4, 0.5) is 0 Å². The van der Waals surface area contributed by atoms with Crippen molar-refractivity contribution < 1.29 is 14.9 Å². The molecule has 84 valence electrons. The number of aryl methyl sites for hydroxylation is 1. The quantitative estimate of drug-likeness (QED) is 0.769. The van der Waals surface area contributed by atoms with Crippen LogP contribution < -0.4 is 0 Å². The first-order chi connectivity index (χ1) is 7.15. The van der Waals surface area contributed by atoms with E-state index in [0.717, 1.165) is 11.1 Å². The molecule has 0 heterocycles. The third-order valence-electron chi connectivity index (χ3n) is 2.43. The fourth-order valence-corrected chi connectivity index (χ4v) is 1.31. The van der Waals surface area contributed by atoms with Crippen LogP contribution in [0.3, 0.4) is 0 Å². The highest BCUT2D eigenvalue weighted by atomic mass is 16.5. The van der Waals surface area contributed by atoms with Crippen molar-refractivity contribution in [2.24, 2.45) is 0 Å². The third-order valence-corrected chi connectivity index (χ3v) is 2.43. The minimum Gasteiger partial charge on any atom is -0.394 e. The van der Waals surface area contributed by atoms with Crippen molar-refractivity contribution in [2.45, 2.75) is 32.7 Å². The number of aliphatic hydroxyl groups is 2. The molecule has 0 aromatic heterocycles. The highest BCUT2D eigenvalue weighted by Crippen LogP contribution is 2.10. The van der Waals surface area contributed by atoms with Crippen LogP contribution in [0.5, 0.6) is 0 Å². The first kappa shape index (κ1) is 12.2. The second kappa shape index (κ2) is 5.85. The Hall–Kier alpha value is -0.900. The second-order valence-electron chi connectivity index (χ2n) is 3.70. The summed E-state index contributed by atoms with van der Waals surface area (Å²) in [6, 6.07) is 7.90. The molecule has 2 unspecified atom stereocenters. The van der Waals surface area contributed by atoms with Gasteiger partial charge in [0.05, 0.1) is 19.3 Å². The van der Waals surface area contributed by atoms with Gasteiger partial charge < -0.3 is 14.9 Å². The molecule has 1 rings (SSSR count). The molecule has 0 aliphatic carbocycles. The van der Waals surface area contributed by atoms with Crippen molar-refractivity contribution >= 4 is 0 Å². The highest BCUT2D eigenvalue weighted by molar-refractivity contribution is 5.24. The number of hydrogen-bond acceptors (Lipinski definition) is 3. The van der Waals surface area contributed by atoms with Crippen LogP contribution >= 0.6 is 0 Å². The summed E-state index contributed by atoms with van der Waals surface area (Å²) in [5.41, 5.74) is 2.23. The Morgan fingerprint density at radius 1 is 1.33 bits per heavy atom. The van der Waals surface area contributed by atoms with Crippen LogP contribution in [0.15, 0.2) is 24.3 Å². The fraction of sp³-hybridized carbons (Fsp3) is 0.500. The average molecular weight is 210 g/mol. The summed E-state index contributed by atoms with van der Waals surface area (Å²) < 4.78 is 5.42. The zero-order chi connectivity index (χ0) is 11.3. The van der Waals surface area contributed by atoms with E-state index in [1.54, 1.807) is 6.92 Å². The maximum atomic E-state index is 9.27. The van der Waals surface area contributed by atoms with E-state index >= 15 is 0 Å². The molecule has 0 aliphatic heterocycles. The standard InChI is InChI=1S/C12H18O3/c1-9-5-3-4-6-11(9)8-15-12(7-13)10(2)14/h3-6,10,12-14H,7-8H2,1-2H3. The monoisotopic (exact) mass is 210 g/mol. The van der Waals surface area contributed by atoms with Crippen molar-refractivity contribution in [1.29, 1.82) is 0 Å². The molecule has 3 heteroatoms. The zero-order valence-electron chi connectivity index (χ0n) is 9.18. The number of benzene rings is 1. The molecular weight excluding hydrogens is 192 g/mol. The molecule has 0 saturated carbocycles. The topological polar surface area (TPSA) is 49.7 Å². The van der Waals surface area contributed by atoms with Gasteiger partial charge in [-0.1, -0.05) is 24.3 Å². The Kier molecular flexibility index (Phi) is 4.75. The minimum absolute atomic E-state index is 0.163. The summed E-state index contributed by atoms with van der Waals surface area (Å²) in [7, 11) is 0. The van der Waals surface area contributed by atoms with Gasteiger partial charge in [-0.05, 0) is 25.0 Å². The summed E-state index contributed by atoms with van der Waals surface area (Å²) in [4.78, 5) is 0. The molecule has 3 nitrogen and oxygen atoms in total. The fourth-order valence-electron chi connectivity index (χ4n) is 1.31. The first-order valence-electron chi connectivity index (χ1n) is 5.10. The molecule has 0 amide bonds. The van der Waals surface area contributed by atoms with Crippen molar-refractivity contribution in [2.75, 3.05) is 6.61 Å². The van der Waals surface area contributed by atoms with E-state index in [0.29, 0.717) is 6.61 Å². The lowest BCUT2D eigenvalue weighted by atomic mass is 10.1. The van der Waals surface area contributed by atoms with Gasteiger partial charge in [0.1, 0.15) is 6.10 Å². The van der Waals surface area contributed by atoms with Crippen molar-refractivity contribution in [3.05, 3.63) is 35.4 Å². The van der Waals surface area contributed by atoms with Gasteiger partial charge in [0, 0.05) is 0 Å². The number of aliphatic hydroxyl groups excluding tert-OH is 2. The maximum Gasteiger partial charge on any atom is 0.107 e. The molecule has 0 saturated heterocycles. The smallest absolute Gasteiger partial charge is 0.107 e. The largest absolute Gasteiger partial charge is 0.394 e. The third kappa shape index (κ3) is 3.63. The van der Waals surface area contributed by atoms with Crippen LogP contribution in [0.25, 0.3) is 0 Å². The van der Waals surface area contributed by atoms with Crippen molar-refractivity contribution in [3.63, 3.8) is 0 Å². The SMILES string of the molecule is Cc1ccccc1COC(CO)C(C)O. The zero-order valence-corrected chi connectivity index (χ0v) is 9.18. The predicted molar refractivity (Wildman–Crippen MR) is 58.5 cm³/mol. The number of rotatable bonds is 5. The van der Waals surface area contributed by atoms with Gasteiger partial charge in [0.25, 0.3) is 0 Å². The maximum absolute atomic E-state index is 9.27. The lowest BCUT2D eigenvalue weighted by molar-refractivity contribution is -0.0639. The van der Waals surface area contributed by atoms with E-state index in [2.05, 4.69) is 0 Å². The van der Waals surface area contributed by atoms with E-state index < -0.39 is 12.2 Å². The minimum atomic E-state index is -0.654. The van der Waals surface area contributed by atoms with Crippen LogP contribution in [-0.2, 0) is 11.3 Å². The summed E-state index contributed by atoms with van der Waals surface area (Å²) in [5.74, 6) is 0. The van der Waals surface area contributed by atoms with E-state index in [-0.39, 0.29) is 6.61 Å². The van der Waals surface area contributed by atoms with E-state index in [1.807, 2.05) is 31.2 Å². The summed E-state index contributed by atoms with van der Waals surface area (Å²) >= 11 is 0. The normalized spacial score (nSPS) is 14.9. The number of hydrogen-bond donors (Lipinski definition) is 2. The van der Waals surface area contributed by atoms with E-state index in [1.165, 1.54) is 0 Å². The molecule has 0 bridgehead atoms. The molecule has 0 spiro atoms. The first-order valence-corrected chi connectivity index (χ1v) is 5.10.